The van der Waals surface area contributed by atoms with Crippen molar-refractivity contribution < 1.29 is 136 Å². The van der Waals surface area contributed by atoms with E-state index in [0.29, 0.717) is 0 Å². The Morgan fingerprint density at radius 1 is 0.286 bits per heavy atom. The van der Waals surface area contributed by atoms with Gasteiger partial charge in [0.25, 0.3) is 5.92 Å². The van der Waals surface area contributed by atoms with E-state index in [1.807, 2.05) is 0 Å². The van der Waals surface area contributed by atoms with Crippen LogP contribution in [0, 0.1) is 0 Å². The fourth-order valence-corrected chi connectivity index (χ4v) is 2.97. The number of hydrogen-bond donors (Lipinski definition) is 0. The predicted octanol–water partition coefficient (Wildman–Crippen LogP) is 11.2. The summed E-state index contributed by atoms with van der Waals surface area (Å²) >= 11 is 0. The monoisotopic (exact) mass is 812 g/mol. The van der Waals surface area contributed by atoms with Crippen molar-refractivity contribution in [1.29, 1.82) is 0 Å². The summed E-state index contributed by atoms with van der Waals surface area (Å²) in [7, 11) is 0. The van der Waals surface area contributed by atoms with E-state index in [4.69, 9.17) is 0 Å². The van der Waals surface area contributed by atoms with E-state index >= 15 is 0 Å². The topological polar surface area (TPSA) is 0 Å². The van der Waals surface area contributed by atoms with E-state index in [1.54, 1.807) is 0 Å². The molecule has 0 radical (unpaired) electrons. The molecule has 49 heavy (non-hydrogen) atoms. The number of rotatable bonds is 15. The van der Waals surface area contributed by atoms with Crippen LogP contribution in [0.1, 0.15) is 19.3 Å². The van der Waals surface area contributed by atoms with Gasteiger partial charge < -0.3 is 0 Å². The summed E-state index contributed by atoms with van der Waals surface area (Å²) in [5, 5.41) is 0. The average Bonchev–Trinajstić information content (AvgIpc) is 2.84. The third-order valence-electron chi connectivity index (χ3n) is 6.03. The van der Waals surface area contributed by atoms with Crippen molar-refractivity contribution in [3.63, 3.8) is 0 Å². The summed E-state index contributed by atoms with van der Waals surface area (Å²) in [5.74, 6) is -102. The minimum atomic E-state index is -9.48. The lowest BCUT2D eigenvalue weighted by Crippen LogP contribution is -2.76. The van der Waals surface area contributed by atoms with Gasteiger partial charge in [-0.1, -0.05) is 0 Å². The minimum absolute atomic E-state index is 3.62. The first-order valence-corrected chi connectivity index (χ1v) is 10.9. The Morgan fingerprint density at radius 2 is 0.531 bits per heavy atom. The van der Waals surface area contributed by atoms with Gasteiger partial charge in [0.2, 0.25) is 0 Å². The molecule has 0 rings (SSSR count). The second kappa shape index (κ2) is 11.9. The molecule has 0 aromatic rings. The largest absolute Gasteiger partial charge is 0.460 e. The third-order valence-corrected chi connectivity index (χ3v) is 6.03. The molecular weight excluding hydrogens is 805 g/mol. The molecule has 31 heteroatoms. The van der Waals surface area contributed by atoms with Gasteiger partial charge in [0.05, 0.1) is 0 Å². The first kappa shape index (κ1) is 46.8. The van der Waals surface area contributed by atoms with Crippen LogP contribution < -0.4 is 0 Å². The number of hydrogen-bond acceptors (Lipinski definition) is 0. The van der Waals surface area contributed by atoms with Gasteiger partial charge in [0.15, 0.2) is 6.17 Å². The molecule has 0 amide bonds. The fraction of sp³-hybridized carbons (Fsp3) is 1.00. The molecule has 0 saturated heterocycles. The summed E-state index contributed by atoms with van der Waals surface area (Å²) in [6, 6.07) is 0. The summed E-state index contributed by atoms with van der Waals surface area (Å²) in [4.78, 5) is 0. The van der Waals surface area contributed by atoms with Crippen molar-refractivity contribution >= 4 is 0 Å². The summed E-state index contributed by atoms with van der Waals surface area (Å²) in [5.41, 5.74) is 0. The summed E-state index contributed by atoms with van der Waals surface area (Å²) < 4.78 is 407. The van der Waals surface area contributed by atoms with E-state index in [0.717, 1.165) is 0 Å². The summed E-state index contributed by atoms with van der Waals surface area (Å²) in [6.07, 6.45) is -33.6. The molecule has 1 unspecified atom stereocenters. The normalized spacial score (nSPS) is 17.4. The van der Waals surface area contributed by atoms with Crippen molar-refractivity contribution in [3.8, 4) is 0 Å². The SMILES string of the molecule is FC(CC(F)(F)CCC(F)(F)C(F)(F)C(F)(F)C(F)(F)F)C(F)(F)C(F)(F)C(F)(F)C(F)(F)C(F)(F)C(F)(F)C(F)(F)C(F)(F)C(F)(F)F. The van der Waals surface area contributed by atoms with Crippen molar-refractivity contribution in [2.24, 2.45) is 0 Å². The smallest absolute Gasteiger partial charge is 0.240 e. The molecule has 0 aliphatic rings. The number of halogens is 31. The molecule has 0 spiro atoms. The first-order chi connectivity index (χ1) is 20.6. The van der Waals surface area contributed by atoms with Crippen LogP contribution in [0.15, 0.2) is 0 Å². The second-order valence-corrected chi connectivity index (χ2v) is 9.52. The molecular formula is C18H7F31. The zero-order valence-corrected chi connectivity index (χ0v) is 21.4. The van der Waals surface area contributed by atoms with Crippen molar-refractivity contribution in [1.82, 2.24) is 0 Å². The zero-order valence-electron chi connectivity index (χ0n) is 21.4. The van der Waals surface area contributed by atoms with Gasteiger partial charge in [-0.05, 0) is 0 Å². The van der Waals surface area contributed by atoms with E-state index in [2.05, 4.69) is 0 Å². The Hall–Kier alpha value is -2.17. The molecule has 0 saturated carbocycles. The molecule has 0 aliphatic carbocycles. The highest BCUT2D eigenvalue weighted by Crippen LogP contribution is 2.66. The maximum absolute atomic E-state index is 13.8. The van der Waals surface area contributed by atoms with Crippen LogP contribution in [0.2, 0.25) is 0 Å². The Kier molecular flexibility index (Phi) is 11.4. The van der Waals surface area contributed by atoms with Crippen molar-refractivity contribution in [2.75, 3.05) is 0 Å². The van der Waals surface area contributed by atoms with E-state index in [9.17, 15) is 136 Å². The molecule has 0 heterocycles. The summed E-state index contributed by atoms with van der Waals surface area (Å²) in [6.45, 7) is 0. The first-order valence-electron chi connectivity index (χ1n) is 10.9. The van der Waals surface area contributed by atoms with E-state index < -0.39 is 109 Å². The van der Waals surface area contributed by atoms with Crippen molar-refractivity contribution in [2.45, 2.75) is 109 Å². The lowest BCUT2D eigenvalue weighted by atomic mass is 9.85. The second-order valence-electron chi connectivity index (χ2n) is 9.52. The van der Waals surface area contributed by atoms with Gasteiger partial charge in [-0.3, -0.25) is 0 Å². The van der Waals surface area contributed by atoms with Crippen LogP contribution in [0.25, 0.3) is 0 Å². The molecule has 0 N–H and O–H groups in total. The maximum atomic E-state index is 13.8. The van der Waals surface area contributed by atoms with E-state index in [-0.39, 0.29) is 0 Å². The lowest BCUT2D eigenvalue weighted by molar-refractivity contribution is -0.470. The number of alkyl halides is 31. The van der Waals surface area contributed by atoms with Gasteiger partial charge in [-0.15, -0.1) is 0 Å². The fourth-order valence-electron chi connectivity index (χ4n) is 2.97. The molecule has 0 aromatic carbocycles. The quantitative estimate of drug-likeness (QED) is 0.145. The highest BCUT2D eigenvalue weighted by Gasteiger charge is 2.97. The minimum Gasteiger partial charge on any atom is -0.240 e. The standard InChI is InChI=1S/C18H7F31/c19-4(3-5(20,21)1-2-6(22,23)8(26,27)15(40,41)17(44,45)46)7(24,25)9(28,29)10(30,31)11(32,33)12(34,35)13(36,37)14(38,39)16(42,43)18(47,48)49/h4H,1-3H2. The van der Waals surface area contributed by atoms with Crippen LogP contribution in [-0.2, 0) is 0 Å². The molecule has 0 fully saturated rings. The lowest BCUT2D eigenvalue weighted by Gasteiger charge is -2.44. The van der Waals surface area contributed by atoms with Gasteiger partial charge in [-0.25, -0.2) is 13.2 Å². The van der Waals surface area contributed by atoms with Gasteiger partial charge in [-0.2, -0.15) is 123 Å². The van der Waals surface area contributed by atoms with Crippen LogP contribution in [-0.4, -0.2) is 89.6 Å². The molecule has 0 aliphatic heterocycles. The zero-order chi connectivity index (χ0) is 40.7. The molecule has 0 nitrogen and oxygen atoms in total. The van der Waals surface area contributed by atoms with Crippen LogP contribution in [0.3, 0.4) is 0 Å². The van der Waals surface area contributed by atoms with Gasteiger partial charge >= 0.3 is 77.5 Å². The molecule has 296 valence electrons. The van der Waals surface area contributed by atoms with Gasteiger partial charge in [0.1, 0.15) is 0 Å². The van der Waals surface area contributed by atoms with Gasteiger partial charge in [0, 0.05) is 19.3 Å². The molecule has 0 bridgehead atoms. The average molecular weight is 812 g/mol. The van der Waals surface area contributed by atoms with Crippen LogP contribution in [0.4, 0.5) is 136 Å². The predicted molar refractivity (Wildman–Crippen MR) is 90.2 cm³/mol. The molecule has 0 aromatic heterocycles. The van der Waals surface area contributed by atoms with E-state index in [1.165, 1.54) is 0 Å². The highest BCUT2D eigenvalue weighted by molar-refractivity contribution is 5.17. The Bertz CT molecular complexity index is 1150. The Morgan fingerprint density at radius 3 is 0.816 bits per heavy atom. The van der Waals surface area contributed by atoms with Crippen molar-refractivity contribution in [3.05, 3.63) is 0 Å². The Labute approximate surface area is 246 Å². The highest BCUT2D eigenvalue weighted by atomic mass is 19.4. The van der Waals surface area contributed by atoms with Crippen LogP contribution in [0.5, 0.6) is 0 Å². The third kappa shape index (κ3) is 6.68. The Balaban J connectivity index is 6.68. The molecule has 1 atom stereocenters. The maximum Gasteiger partial charge on any atom is 0.460 e. The van der Waals surface area contributed by atoms with Crippen LogP contribution >= 0.6 is 0 Å².